The first-order valence-electron chi connectivity index (χ1n) is 7.38. The van der Waals surface area contributed by atoms with Crippen LogP contribution in [0.25, 0.3) is 0 Å². The summed E-state index contributed by atoms with van der Waals surface area (Å²) in [4.78, 5) is 0. The molecule has 0 radical (unpaired) electrons. The van der Waals surface area contributed by atoms with Crippen LogP contribution in [0.1, 0.15) is 31.9 Å². The molecule has 0 spiro atoms. The quantitative estimate of drug-likeness (QED) is 0.809. The summed E-state index contributed by atoms with van der Waals surface area (Å²) in [6.45, 7) is 5.35. The van der Waals surface area contributed by atoms with Gasteiger partial charge in [-0.3, -0.25) is 0 Å². The first kappa shape index (κ1) is 15.4. The number of nitrogens with one attached hydrogen (secondary N) is 1. The predicted octanol–water partition coefficient (Wildman–Crippen LogP) is 4.55. The van der Waals surface area contributed by atoms with Crippen LogP contribution >= 0.6 is 0 Å². The van der Waals surface area contributed by atoms with Gasteiger partial charge in [-0.05, 0) is 49.7 Å². The SMILES string of the molecule is CCCNC(C)c1cccc(Oc2cccc(OC)c2)c1. The zero-order valence-electron chi connectivity index (χ0n) is 12.9. The molecule has 0 aliphatic heterocycles. The molecule has 0 saturated heterocycles. The van der Waals surface area contributed by atoms with Crippen LogP contribution in [0.5, 0.6) is 17.2 Å². The van der Waals surface area contributed by atoms with Gasteiger partial charge in [0.05, 0.1) is 7.11 Å². The van der Waals surface area contributed by atoms with Gasteiger partial charge in [-0.2, -0.15) is 0 Å². The number of hydrogen-bond donors (Lipinski definition) is 1. The normalized spacial score (nSPS) is 12.0. The Morgan fingerprint density at radius 3 is 2.38 bits per heavy atom. The lowest BCUT2D eigenvalue weighted by atomic mass is 10.1. The minimum Gasteiger partial charge on any atom is -0.497 e. The predicted molar refractivity (Wildman–Crippen MR) is 86.2 cm³/mol. The number of benzene rings is 2. The Balaban J connectivity index is 2.09. The zero-order chi connectivity index (χ0) is 15.1. The van der Waals surface area contributed by atoms with Crippen molar-refractivity contribution in [2.45, 2.75) is 26.3 Å². The van der Waals surface area contributed by atoms with E-state index in [-0.39, 0.29) is 0 Å². The molecule has 3 heteroatoms. The Labute approximate surface area is 126 Å². The standard InChI is InChI=1S/C18H23NO2/c1-4-11-19-14(2)15-7-5-9-17(12-15)21-18-10-6-8-16(13-18)20-3/h5-10,12-14,19H,4,11H2,1-3H3. The fraction of sp³-hybridized carbons (Fsp3) is 0.333. The van der Waals surface area contributed by atoms with Crippen LogP contribution in [0.3, 0.4) is 0 Å². The van der Waals surface area contributed by atoms with E-state index in [9.17, 15) is 0 Å². The molecular formula is C18H23NO2. The average Bonchev–Trinajstić information content (AvgIpc) is 2.53. The lowest BCUT2D eigenvalue weighted by molar-refractivity contribution is 0.409. The minimum atomic E-state index is 0.318. The van der Waals surface area contributed by atoms with Crippen molar-refractivity contribution < 1.29 is 9.47 Å². The second kappa shape index (κ2) is 7.70. The molecule has 1 N–H and O–H groups in total. The van der Waals surface area contributed by atoms with E-state index in [2.05, 4.69) is 31.3 Å². The Morgan fingerprint density at radius 2 is 1.67 bits per heavy atom. The van der Waals surface area contributed by atoms with Crippen molar-refractivity contribution in [1.29, 1.82) is 0 Å². The molecule has 0 fully saturated rings. The lowest BCUT2D eigenvalue weighted by Gasteiger charge is -2.15. The van der Waals surface area contributed by atoms with Crippen LogP contribution < -0.4 is 14.8 Å². The zero-order valence-corrected chi connectivity index (χ0v) is 12.9. The summed E-state index contributed by atoms with van der Waals surface area (Å²) in [5, 5.41) is 3.48. The van der Waals surface area contributed by atoms with Crippen LogP contribution in [0.2, 0.25) is 0 Å². The van der Waals surface area contributed by atoms with E-state index >= 15 is 0 Å². The maximum absolute atomic E-state index is 5.91. The Kier molecular flexibility index (Phi) is 5.64. The molecular weight excluding hydrogens is 262 g/mol. The minimum absolute atomic E-state index is 0.318. The summed E-state index contributed by atoms with van der Waals surface area (Å²) in [7, 11) is 1.65. The highest BCUT2D eigenvalue weighted by molar-refractivity contribution is 5.38. The molecule has 1 atom stereocenters. The third-order valence-electron chi connectivity index (χ3n) is 3.34. The van der Waals surface area contributed by atoms with Gasteiger partial charge in [0, 0.05) is 12.1 Å². The van der Waals surface area contributed by atoms with Crippen molar-refractivity contribution in [2.75, 3.05) is 13.7 Å². The number of rotatable bonds is 7. The van der Waals surface area contributed by atoms with Crippen molar-refractivity contribution in [3.63, 3.8) is 0 Å². The van der Waals surface area contributed by atoms with Crippen LogP contribution in [-0.4, -0.2) is 13.7 Å². The number of methoxy groups -OCH3 is 1. The van der Waals surface area contributed by atoms with E-state index < -0.39 is 0 Å². The monoisotopic (exact) mass is 285 g/mol. The van der Waals surface area contributed by atoms with Gasteiger partial charge in [0.15, 0.2) is 0 Å². The average molecular weight is 285 g/mol. The largest absolute Gasteiger partial charge is 0.497 e. The third kappa shape index (κ3) is 4.50. The van der Waals surface area contributed by atoms with Crippen molar-refractivity contribution >= 4 is 0 Å². The van der Waals surface area contributed by atoms with Gasteiger partial charge in [0.2, 0.25) is 0 Å². The van der Waals surface area contributed by atoms with Crippen molar-refractivity contribution in [3.05, 3.63) is 54.1 Å². The van der Waals surface area contributed by atoms with Gasteiger partial charge in [-0.15, -0.1) is 0 Å². The Hall–Kier alpha value is -2.00. The van der Waals surface area contributed by atoms with E-state index in [1.165, 1.54) is 5.56 Å². The molecule has 2 aromatic rings. The van der Waals surface area contributed by atoms with E-state index in [1.807, 2.05) is 36.4 Å². The van der Waals surface area contributed by atoms with E-state index in [0.29, 0.717) is 6.04 Å². The van der Waals surface area contributed by atoms with Crippen molar-refractivity contribution in [3.8, 4) is 17.2 Å². The maximum atomic E-state index is 5.91. The highest BCUT2D eigenvalue weighted by atomic mass is 16.5. The Bertz CT molecular complexity index is 569. The summed E-state index contributed by atoms with van der Waals surface area (Å²) >= 11 is 0. The second-order valence-electron chi connectivity index (χ2n) is 5.03. The maximum Gasteiger partial charge on any atom is 0.131 e. The molecule has 0 bridgehead atoms. The molecule has 0 aromatic heterocycles. The summed E-state index contributed by atoms with van der Waals surface area (Å²) in [5.41, 5.74) is 1.23. The molecule has 0 saturated carbocycles. The topological polar surface area (TPSA) is 30.5 Å². The van der Waals surface area contributed by atoms with Crippen molar-refractivity contribution in [2.24, 2.45) is 0 Å². The first-order valence-corrected chi connectivity index (χ1v) is 7.38. The molecule has 112 valence electrons. The Morgan fingerprint density at radius 1 is 1.00 bits per heavy atom. The third-order valence-corrected chi connectivity index (χ3v) is 3.34. The van der Waals surface area contributed by atoms with Crippen LogP contribution in [0.4, 0.5) is 0 Å². The van der Waals surface area contributed by atoms with Gasteiger partial charge in [-0.1, -0.05) is 25.1 Å². The number of hydrogen-bond acceptors (Lipinski definition) is 3. The molecule has 1 unspecified atom stereocenters. The second-order valence-corrected chi connectivity index (χ2v) is 5.03. The molecule has 2 aromatic carbocycles. The lowest BCUT2D eigenvalue weighted by Crippen LogP contribution is -2.19. The molecule has 0 heterocycles. The van der Waals surface area contributed by atoms with Gasteiger partial charge in [0.1, 0.15) is 17.2 Å². The highest BCUT2D eigenvalue weighted by Crippen LogP contribution is 2.27. The molecule has 3 nitrogen and oxygen atoms in total. The van der Waals surface area contributed by atoms with Crippen molar-refractivity contribution in [1.82, 2.24) is 5.32 Å². The number of ether oxygens (including phenoxy) is 2. The molecule has 0 amide bonds. The molecule has 0 aliphatic carbocycles. The van der Waals surface area contributed by atoms with Crippen LogP contribution in [-0.2, 0) is 0 Å². The molecule has 2 rings (SSSR count). The van der Waals surface area contributed by atoms with Crippen LogP contribution in [0.15, 0.2) is 48.5 Å². The highest BCUT2D eigenvalue weighted by Gasteiger charge is 2.06. The molecule has 21 heavy (non-hydrogen) atoms. The summed E-state index contributed by atoms with van der Waals surface area (Å²) in [6, 6.07) is 16.1. The van der Waals surface area contributed by atoms with Gasteiger partial charge < -0.3 is 14.8 Å². The smallest absolute Gasteiger partial charge is 0.131 e. The van der Waals surface area contributed by atoms with E-state index in [4.69, 9.17) is 9.47 Å². The van der Waals surface area contributed by atoms with Gasteiger partial charge in [0.25, 0.3) is 0 Å². The van der Waals surface area contributed by atoms with E-state index in [1.54, 1.807) is 7.11 Å². The van der Waals surface area contributed by atoms with E-state index in [0.717, 1.165) is 30.2 Å². The summed E-state index contributed by atoms with van der Waals surface area (Å²) in [5.74, 6) is 2.41. The fourth-order valence-corrected chi connectivity index (χ4v) is 2.13. The fourth-order valence-electron chi connectivity index (χ4n) is 2.13. The van der Waals surface area contributed by atoms with Crippen LogP contribution in [0, 0.1) is 0 Å². The molecule has 0 aliphatic rings. The first-order chi connectivity index (χ1) is 10.2. The van der Waals surface area contributed by atoms with Gasteiger partial charge >= 0.3 is 0 Å². The summed E-state index contributed by atoms with van der Waals surface area (Å²) in [6.07, 6.45) is 1.13. The summed E-state index contributed by atoms with van der Waals surface area (Å²) < 4.78 is 11.1. The van der Waals surface area contributed by atoms with Gasteiger partial charge in [-0.25, -0.2) is 0 Å².